The largest absolute Gasteiger partial charge is 0.322 e. The van der Waals surface area contributed by atoms with Crippen LogP contribution in [0.25, 0.3) is 5.69 Å². The van der Waals surface area contributed by atoms with Gasteiger partial charge in [-0.2, -0.15) is 0 Å². The number of hydrogen-bond donors (Lipinski definition) is 1. The quantitative estimate of drug-likeness (QED) is 0.716. The number of aromatic nitrogens is 2. The number of aryl methyl sites for hydroxylation is 1. The lowest BCUT2D eigenvalue weighted by atomic mass is 10.2. The van der Waals surface area contributed by atoms with Gasteiger partial charge in [0.15, 0.2) is 0 Å². The Hall–Kier alpha value is -2.97. The van der Waals surface area contributed by atoms with E-state index in [2.05, 4.69) is 10.3 Å². The zero-order valence-electron chi connectivity index (χ0n) is 16.2. The number of sulfonamides is 1. The summed E-state index contributed by atoms with van der Waals surface area (Å²) in [6.45, 7) is 3.95. The van der Waals surface area contributed by atoms with Crippen molar-refractivity contribution in [2.75, 3.05) is 19.4 Å². The molecule has 1 N–H and O–H groups in total. The number of benzene rings is 2. The minimum atomic E-state index is -3.52. The highest BCUT2D eigenvalue weighted by Gasteiger charge is 2.17. The van der Waals surface area contributed by atoms with E-state index in [0.29, 0.717) is 11.3 Å². The first-order valence-corrected chi connectivity index (χ1v) is 10.1. The molecule has 0 aliphatic rings. The minimum Gasteiger partial charge on any atom is -0.322 e. The third-order valence-electron chi connectivity index (χ3n) is 4.55. The van der Waals surface area contributed by atoms with Crippen molar-refractivity contribution in [1.82, 2.24) is 13.9 Å². The molecule has 0 spiro atoms. The van der Waals surface area contributed by atoms with Crippen LogP contribution < -0.4 is 5.32 Å². The van der Waals surface area contributed by atoms with Gasteiger partial charge < -0.3 is 9.88 Å². The molecule has 0 aliphatic heterocycles. The van der Waals surface area contributed by atoms with Crippen LogP contribution in [-0.2, 0) is 10.0 Å². The lowest BCUT2D eigenvalue weighted by molar-refractivity contribution is 0.102. The second-order valence-corrected chi connectivity index (χ2v) is 8.75. The SMILES string of the molecule is Cc1ncn(-c2ccc(NC(=O)c3ccc(S(=O)(=O)N(C)C)cc3)cc2)c1C. The molecule has 1 amide bonds. The van der Waals surface area contributed by atoms with Crippen LogP contribution in [-0.4, -0.2) is 42.3 Å². The van der Waals surface area contributed by atoms with Gasteiger partial charge in [0.1, 0.15) is 0 Å². The van der Waals surface area contributed by atoms with Gasteiger partial charge in [0, 0.05) is 36.7 Å². The average Bonchev–Trinajstić information content (AvgIpc) is 3.01. The Morgan fingerprint density at radius 1 is 1.00 bits per heavy atom. The van der Waals surface area contributed by atoms with Crippen molar-refractivity contribution in [3.8, 4) is 5.69 Å². The summed E-state index contributed by atoms with van der Waals surface area (Å²) in [5.74, 6) is -0.309. The van der Waals surface area contributed by atoms with Gasteiger partial charge in [-0.25, -0.2) is 17.7 Å². The molecular formula is C20H22N4O3S. The molecule has 3 rings (SSSR count). The number of amides is 1. The Kier molecular flexibility index (Phi) is 5.35. The molecule has 1 heterocycles. The lowest BCUT2D eigenvalue weighted by Crippen LogP contribution is -2.22. The number of anilines is 1. The lowest BCUT2D eigenvalue weighted by Gasteiger charge is -2.12. The Morgan fingerprint density at radius 2 is 1.61 bits per heavy atom. The molecule has 0 bridgehead atoms. The van der Waals surface area contributed by atoms with Crippen molar-refractivity contribution in [2.45, 2.75) is 18.7 Å². The third-order valence-corrected chi connectivity index (χ3v) is 6.38. The zero-order chi connectivity index (χ0) is 20.5. The Bertz CT molecular complexity index is 1100. The Labute approximate surface area is 164 Å². The number of carbonyl (C=O) groups excluding carboxylic acids is 1. The molecule has 28 heavy (non-hydrogen) atoms. The van der Waals surface area contributed by atoms with Gasteiger partial charge in [-0.3, -0.25) is 4.79 Å². The Morgan fingerprint density at radius 3 is 2.11 bits per heavy atom. The van der Waals surface area contributed by atoms with E-state index >= 15 is 0 Å². The van der Waals surface area contributed by atoms with Crippen molar-refractivity contribution < 1.29 is 13.2 Å². The predicted molar refractivity (Wildman–Crippen MR) is 108 cm³/mol. The summed E-state index contributed by atoms with van der Waals surface area (Å²) in [5.41, 5.74) is 4.01. The van der Waals surface area contributed by atoms with Gasteiger partial charge in [-0.1, -0.05) is 0 Å². The standard InChI is InChI=1S/C20H22N4O3S/c1-14-15(2)24(13-21-14)18-9-7-17(8-10-18)22-20(25)16-5-11-19(12-6-16)28(26,27)23(3)4/h5-13H,1-4H3,(H,22,25). The van der Waals surface area contributed by atoms with E-state index in [1.165, 1.54) is 38.4 Å². The van der Waals surface area contributed by atoms with Crippen molar-refractivity contribution in [3.63, 3.8) is 0 Å². The highest BCUT2D eigenvalue weighted by molar-refractivity contribution is 7.89. The summed E-state index contributed by atoms with van der Waals surface area (Å²) < 4.78 is 27.3. The normalized spacial score (nSPS) is 11.6. The third kappa shape index (κ3) is 3.83. The highest BCUT2D eigenvalue weighted by atomic mass is 32.2. The first kappa shape index (κ1) is 19.8. The summed E-state index contributed by atoms with van der Waals surface area (Å²) in [5, 5.41) is 2.81. The average molecular weight is 398 g/mol. The maximum absolute atomic E-state index is 12.4. The fourth-order valence-corrected chi connectivity index (χ4v) is 3.56. The van der Waals surface area contributed by atoms with E-state index in [4.69, 9.17) is 0 Å². The molecule has 3 aromatic rings. The monoisotopic (exact) mass is 398 g/mol. The predicted octanol–water partition coefficient (Wildman–Crippen LogP) is 2.99. The number of hydrogen-bond acceptors (Lipinski definition) is 4. The van der Waals surface area contributed by atoms with E-state index in [1.54, 1.807) is 6.33 Å². The molecule has 7 nitrogen and oxygen atoms in total. The van der Waals surface area contributed by atoms with Crippen LogP contribution in [0.4, 0.5) is 5.69 Å². The van der Waals surface area contributed by atoms with Gasteiger partial charge in [-0.05, 0) is 62.4 Å². The van der Waals surface area contributed by atoms with Gasteiger partial charge in [0.25, 0.3) is 5.91 Å². The molecule has 0 radical (unpaired) electrons. The molecule has 146 valence electrons. The second-order valence-electron chi connectivity index (χ2n) is 6.60. The molecule has 1 aromatic heterocycles. The topological polar surface area (TPSA) is 84.3 Å². The number of nitrogens with one attached hydrogen (secondary N) is 1. The molecule has 0 unspecified atom stereocenters. The van der Waals surface area contributed by atoms with E-state index in [0.717, 1.165) is 21.4 Å². The fraction of sp³-hybridized carbons (Fsp3) is 0.200. The molecule has 2 aromatic carbocycles. The fourth-order valence-electron chi connectivity index (χ4n) is 2.66. The van der Waals surface area contributed by atoms with Crippen LogP contribution >= 0.6 is 0 Å². The number of carbonyl (C=O) groups is 1. The molecule has 0 saturated carbocycles. The molecule has 0 aliphatic carbocycles. The van der Waals surface area contributed by atoms with E-state index in [9.17, 15) is 13.2 Å². The van der Waals surface area contributed by atoms with Crippen LogP contribution in [0.2, 0.25) is 0 Å². The zero-order valence-corrected chi connectivity index (χ0v) is 17.0. The van der Waals surface area contributed by atoms with Crippen LogP contribution in [0.3, 0.4) is 0 Å². The molecule has 0 atom stereocenters. The summed E-state index contributed by atoms with van der Waals surface area (Å²) in [6, 6.07) is 13.3. The first-order valence-electron chi connectivity index (χ1n) is 8.65. The van der Waals surface area contributed by atoms with Crippen LogP contribution in [0.1, 0.15) is 21.7 Å². The molecular weight excluding hydrogens is 376 g/mol. The van der Waals surface area contributed by atoms with E-state index < -0.39 is 10.0 Å². The smallest absolute Gasteiger partial charge is 0.255 e. The molecule has 8 heteroatoms. The van der Waals surface area contributed by atoms with Gasteiger partial charge >= 0.3 is 0 Å². The van der Waals surface area contributed by atoms with Crippen molar-refractivity contribution >= 4 is 21.6 Å². The second kappa shape index (κ2) is 7.57. The maximum atomic E-state index is 12.4. The van der Waals surface area contributed by atoms with Crippen LogP contribution in [0.5, 0.6) is 0 Å². The first-order chi connectivity index (χ1) is 13.2. The number of nitrogens with zero attached hydrogens (tertiary/aromatic N) is 3. The maximum Gasteiger partial charge on any atom is 0.255 e. The van der Waals surface area contributed by atoms with Crippen LogP contribution in [0, 0.1) is 13.8 Å². The minimum absolute atomic E-state index is 0.143. The van der Waals surface area contributed by atoms with E-state index in [1.807, 2.05) is 42.7 Å². The van der Waals surface area contributed by atoms with E-state index in [-0.39, 0.29) is 10.8 Å². The molecule has 0 saturated heterocycles. The summed E-state index contributed by atoms with van der Waals surface area (Å²) in [4.78, 5) is 16.9. The van der Waals surface area contributed by atoms with Crippen molar-refractivity contribution in [2.24, 2.45) is 0 Å². The van der Waals surface area contributed by atoms with Crippen molar-refractivity contribution in [1.29, 1.82) is 0 Å². The van der Waals surface area contributed by atoms with Crippen LogP contribution in [0.15, 0.2) is 59.8 Å². The van der Waals surface area contributed by atoms with Gasteiger partial charge in [0.2, 0.25) is 10.0 Å². The highest BCUT2D eigenvalue weighted by Crippen LogP contribution is 2.18. The summed E-state index contributed by atoms with van der Waals surface area (Å²) >= 11 is 0. The Balaban J connectivity index is 1.74. The summed E-state index contributed by atoms with van der Waals surface area (Å²) in [7, 11) is -0.588. The number of imidazole rings is 1. The number of rotatable bonds is 5. The van der Waals surface area contributed by atoms with Gasteiger partial charge in [-0.15, -0.1) is 0 Å². The van der Waals surface area contributed by atoms with Crippen molar-refractivity contribution in [3.05, 3.63) is 71.8 Å². The van der Waals surface area contributed by atoms with Gasteiger partial charge in [0.05, 0.1) is 16.9 Å². The molecule has 0 fully saturated rings. The summed E-state index contributed by atoms with van der Waals surface area (Å²) in [6.07, 6.45) is 1.77.